The summed E-state index contributed by atoms with van der Waals surface area (Å²) in [4.78, 5) is 33.6. The van der Waals surface area contributed by atoms with Gasteiger partial charge in [0.2, 0.25) is 0 Å². The Labute approximate surface area is 659 Å². The fourth-order valence-electron chi connectivity index (χ4n) is 13.2. The van der Waals surface area contributed by atoms with Crippen LogP contribution in [0.2, 0.25) is 0 Å². The van der Waals surface area contributed by atoms with Crippen LogP contribution in [0.25, 0.3) is 20.9 Å². The molecule has 6 aromatic carbocycles. The first-order valence-corrected chi connectivity index (χ1v) is 34.0. The molecule has 0 spiro atoms. The second-order valence-corrected chi connectivity index (χ2v) is 25.3. The Morgan fingerprint density at radius 2 is 0.701 bits per heavy atom. The third-order valence-corrected chi connectivity index (χ3v) is 18.4. The van der Waals surface area contributed by atoms with Crippen LogP contribution in [0.1, 0.15) is 33.4 Å². The Hall–Kier alpha value is -6.00. The maximum Gasteiger partial charge on any atom is 1.00 e. The number of rotatable bonds is 34. The summed E-state index contributed by atoms with van der Waals surface area (Å²) in [5.41, 5.74) is 30.7. The molecule has 0 amide bonds. The van der Waals surface area contributed by atoms with Crippen molar-refractivity contribution in [3.8, 4) is 0 Å². The van der Waals surface area contributed by atoms with Gasteiger partial charge in [-0.15, -0.1) is 0 Å². The fraction of sp³-hybridized carbons (Fsp3) is 0.479. The van der Waals surface area contributed by atoms with E-state index in [0.717, 1.165) is 5.56 Å². The summed E-state index contributed by atoms with van der Waals surface area (Å²) >= 11 is 0. The minimum Gasteiger partial charge on any atom is -0.547 e. The minimum absolute atomic E-state index is 0. The number of carboxylic acids is 2. The number of carbonyl (C=O) groups is 2. The van der Waals surface area contributed by atoms with Gasteiger partial charge in [0.25, 0.3) is 0 Å². The van der Waals surface area contributed by atoms with Crippen LogP contribution in [0.15, 0.2) is 192 Å². The number of hydrogen-bond acceptors (Lipinski definition) is 28. The van der Waals surface area contributed by atoms with Gasteiger partial charge in [0.05, 0.1) is 77.4 Å². The molecule has 32 nitrogen and oxygen atoms in total. The molecular weight excluding hydrogens is 1420 g/mol. The number of carbonyl (C=O) groups excluding carboxylic acids is 2. The molecule has 0 radical (unpaired) electrons. The van der Waals surface area contributed by atoms with Crippen molar-refractivity contribution in [1.82, 2.24) is 0 Å². The van der Waals surface area contributed by atoms with Crippen LogP contribution >= 0.6 is 0 Å². The van der Waals surface area contributed by atoms with Crippen LogP contribution in [0, 0.1) is 0 Å². The zero-order valence-corrected chi connectivity index (χ0v) is 62.8. The van der Waals surface area contributed by atoms with Gasteiger partial charge in [0, 0.05) is 16.9 Å². The number of hydrogen-bond donors (Lipinski definition) is 6. The molecule has 5 heterocycles. The quantitative estimate of drug-likeness (QED) is 0.00976. The first kappa shape index (κ1) is 85.0. The molecule has 5 aliphatic heterocycles. The summed E-state index contributed by atoms with van der Waals surface area (Å²) in [6.45, 7) is -3.49. The van der Waals surface area contributed by atoms with E-state index in [2.05, 4.69) is 20.1 Å². The van der Waals surface area contributed by atoms with E-state index in [0.29, 0.717) is 27.8 Å². The van der Waals surface area contributed by atoms with Crippen molar-refractivity contribution in [3.63, 3.8) is 0 Å². The van der Waals surface area contributed by atoms with Gasteiger partial charge in [-0.3, -0.25) is 0 Å². The number of ether oxygens (including phenoxy) is 16. The first-order chi connectivity index (χ1) is 51.2. The maximum absolute atomic E-state index is 13.9. The van der Waals surface area contributed by atoms with Crippen LogP contribution in [0.4, 0.5) is 0 Å². The number of azide groups is 2. The Bertz CT molecular complexity index is 3730. The Morgan fingerprint density at radius 1 is 0.393 bits per heavy atom. The molecule has 6 aromatic rings. The molecule has 107 heavy (non-hydrogen) atoms. The molecule has 34 heteroatoms. The van der Waals surface area contributed by atoms with Crippen molar-refractivity contribution < 1.29 is 180 Å². The molecule has 562 valence electrons. The maximum atomic E-state index is 13.9. The summed E-state index contributed by atoms with van der Waals surface area (Å²) in [6, 6.07) is 48.3. The number of aliphatic hydroxyl groups is 5. The van der Waals surface area contributed by atoms with E-state index in [1.54, 1.807) is 146 Å². The summed E-state index contributed by atoms with van der Waals surface area (Å²) in [5.74, 6) is -3.86. The molecule has 0 bridgehead atoms. The third kappa shape index (κ3) is 21.8. The van der Waals surface area contributed by atoms with Gasteiger partial charge in [-0.05, 0) is 44.4 Å². The molecule has 11 rings (SSSR count). The smallest absolute Gasteiger partial charge is 0.547 e. The summed E-state index contributed by atoms with van der Waals surface area (Å²) in [5, 5.41) is 93.7. The van der Waals surface area contributed by atoms with Crippen molar-refractivity contribution >= 4 is 11.9 Å². The monoisotopic (exact) mass is 1500 g/mol. The fourth-order valence-corrected chi connectivity index (χ4v) is 13.2. The number of carboxylic acid groups (broad SMARTS) is 2. The molecule has 25 atom stereocenters. The van der Waals surface area contributed by atoms with Crippen LogP contribution in [0.3, 0.4) is 0 Å². The van der Waals surface area contributed by atoms with E-state index in [-0.39, 0.29) is 98.8 Å². The second-order valence-electron chi connectivity index (χ2n) is 25.3. The van der Waals surface area contributed by atoms with Crippen LogP contribution in [0.5, 0.6) is 0 Å². The van der Waals surface area contributed by atoms with E-state index in [1.807, 2.05) is 36.4 Å². The zero-order valence-electron chi connectivity index (χ0n) is 58.8. The second kappa shape index (κ2) is 42.4. The topological polar surface area (TPSA) is 453 Å². The van der Waals surface area contributed by atoms with Crippen LogP contribution < -0.4 is 75.1 Å². The number of benzene rings is 6. The van der Waals surface area contributed by atoms with Crippen molar-refractivity contribution in [3.05, 3.63) is 236 Å². The van der Waals surface area contributed by atoms with Gasteiger partial charge in [0.15, 0.2) is 31.5 Å². The summed E-state index contributed by atoms with van der Waals surface area (Å²) < 4.78 is 102. The van der Waals surface area contributed by atoms with Crippen LogP contribution in [-0.2, 0) is 125 Å². The van der Waals surface area contributed by atoms with Crippen molar-refractivity contribution in [2.24, 2.45) is 16.0 Å². The molecule has 0 aliphatic carbocycles. The van der Waals surface area contributed by atoms with Gasteiger partial charge in [-0.25, -0.2) is 0 Å². The predicted octanol–water partition coefficient (Wildman–Crippen LogP) is -3.80. The normalized spacial score (nSPS) is 32.7. The van der Waals surface area contributed by atoms with E-state index in [1.165, 1.54) is 7.11 Å². The molecule has 5 fully saturated rings. The van der Waals surface area contributed by atoms with Gasteiger partial charge >= 0.3 is 59.1 Å². The zero-order chi connectivity index (χ0) is 73.8. The Balaban J connectivity index is 0.00000661. The molecule has 5 saturated heterocycles. The third-order valence-electron chi connectivity index (χ3n) is 18.4. The van der Waals surface area contributed by atoms with E-state index >= 15 is 0 Å². The molecule has 0 saturated carbocycles. The van der Waals surface area contributed by atoms with Gasteiger partial charge in [-0.1, -0.05) is 192 Å². The Kier molecular flexibility index (Phi) is 33.7. The number of aliphatic carboxylic acids is 2. The van der Waals surface area contributed by atoms with Gasteiger partial charge < -0.3 is 127 Å². The van der Waals surface area contributed by atoms with Gasteiger partial charge in [-0.2, -0.15) is 0 Å². The molecule has 10 unspecified atom stereocenters. The van der Waals surface area contributed by atoms with Crippen molar-refractivity contribution in [2.45, 2.75) is 193 Å². The van der Waals surface area contributed by atoms with E-state index in [4.69, 9.17) is 81.5 Å². The van der Waals surface area contributed by atoms with Gasteiger partial charge in [0.1, 0.15) is 116 Å². The molecule has 0 aromatic heterocycles. The number of nitrogens with zero attached hydrogens (tertiary/aromatic N) is 6. The van der Waals surface area contributed by atoms with Crippen LogP contribution in [-0.4, -0.2) is 218 Å². The average Bonchev–Trinajstić information content (AvgIpc) is 0.763. The molecule has 5 aliphatic rings. The number of methoxy groups -OCH3 is 1. The SMILES string of the molecule is CO[C@@H]1OC(CO)[C@H](O[C@@H]2OC(C(=O)[O-])[C@H](O[C@@H]3OC(CO)[C@H](O[C@@H]4OC(C(=O)[O-])[C@H](O[C@@H]5OC(CO)[C@H](OCc6ccccc6)[C@H](OCc6ccccc6)C5N=[N+]=[N-])[C@H](OCc5ccccc5)C4OCc4ccccc4)C(O)[C@H]3N)[C@@H](OCc3ccccc3)C2O)C(OCc2ccccc2)[C@H]1N=[N+]=[N-].[Na+].[Na+]. The molecule has 7 N–H and O–H groups in total. The standard InChI is InChI=1S/C73H85N7O25.2Na/c1-90-70-51(77-79-75)59(93-37-43-24-12-4-13-25-43)57(49(34-83)98-70)101-72-54(85)60(94-38-44-26-14-5-15-27-44)62(64(104-72)67(86)87)102-69-50(74)53(84)55(47(32-81)97-69)100-73-66(96-40-46-30-18-7-19-31-46)61(95-39-45-28-16-6-17-29-45)63(65(105-73)68(88)89)103-71-52(78-80-76)58(92-36-42-22-10-3-11-23-42)56(48(33-82)99-71)91-35-41-20-8-2-9-21-41;;/h2-31,47-66,69-73,81-85H,32-40,74H2,1H3,(H,86,87)(H,88,89);;/q;2*+1/p-2/t47?,48?,49?,50-,51-,52?,53?,54?,55+,56+,57+,58-,59?,60+,61+,62-,63-,64?,65?,66?,69+,70-,71+,72-,73-;;/m1../s1. The largest absolute Gasteiger partial charge is 1.00 e. The summed E-state index contributed by atoms with van der Waals surface area (Å²) in [7, 11) is 1.27. The van der Waals surface area contributed by atoms with E-state index in [9.17, 15) is 56.4 Å². The minimum atomic E-state index is -2.27. The number of nitrogens with two attached hydrogens (primary N) is 1. The van der Waals surface area contributed by atoms with E-state index < -0.39 is 185 Å². The molecular formula is C73H83N7Na2O25. The average molecular weight is 1500 g/mol. The van der Waals surface area contributed by atoms with Crippen molar-refractivity contribution in [2.75, 3.05) is 26.9 Å². The Morgan fingerprint density at radius 3 is 1.11 bits per heavy atom. The first-order valence-electron chi connectivity index (χ1n) is 34.0. The summed E-state index contributed by atoms with van der Waals surface area (Å²) in [6.07, 6.45) is -37.9. The number of aliphatic hydroxyl groups excluding tert-OH is 5. The predicted molar refractivity (Wildman–Crippen MR) is 357 cm³/mol. The van der Waals surface area contributed by atoms with Crippen molar-refractivity contribution in [1.29, 1.82) is 0 Å².